The fourth-order valence-electron chi connectivity index (χ4n) is 9.04. The van der Waals surface area contributed by atoms with E-state index in [1.165, 1.54) is 0 Å². The van der Waals surface area contributed by atoms with Gasteiger partial charge < -0.3 is 19.7 Å². The molecule has 0 aromatic heterocycles. The summed E-state index contributed by atoms with van der Waals surface area (Å²) < 4.78 is 13.0. The zero-order chi connectivity index (χ0) is 37.9. The molecule has 0 aliphatic heterocycles. The van der Waals surface area contributed by atoms with E-state index in [1.54, 1.807) is 14.2 Å². The molecule has 2 atom stereocenters. The van der Waals surface area contributed by atoms with Crippen LogP contribution in [-0.4, -0.2) is 24.4 Å². The fourth-order valence-corrected chi connectivity index (χ4v) is 9.04. The lowest BCUT2D eigenvalue weighted by Gasteiger charge is -2.26. The maximum atomic E-state index is 12.8. The Bertz CT molecular complexity index is 2840. The first kappa shape index (κ1) is 33.8. The van der Waals surface area contributed by atoms with Gasteiger partial charge in [-0.1, -0.05) is 146 Å². The van der Waals surface area contributed by atoms with E-state index in [0.29, 0.717) is 22.6 Å². The Morgan fingerprint density at radius 1 is 0.339 bits per heavy atom. The Morgan fingerprint density at radius 2 is 0.589 bits per heavy atom. The van der Waals surface area contributed by atoms with E-state index >= 15 is 0 Å². The van der Waals surface area contributed by atoms with Crippen LogP contribution in [0.1, 0.15) is 34.5 Å². The van der Waals surface area contributed by atoms with Gasteiger partial charge in [-0.15, -0.1) is 0 Å². The number of methoxy groups -OCH3 is 2. The molecule has 10 aromatic rings. The summed E-state index contributed by atoms with van der Waals surface area (Å²) in [4.78, 5) is 0. The number of hydrogen-bond acceptors (Lipinski definition) is 4. The first-order chi connectivity index (χ1) is 27.6. The van der Waals surface area contributed by atoms with Gasteiger partial charge in [0.05, 0.1) is 14.2 Å². The molecule has 0 heterocycles. The molecule has 270 valence electrons. The van der Waals surface area contributed by atoms with Gasteiger partial charge in [0, 0.05) is 33.4 Å². The lowest BCUT2D eigenvalue weighted by molar-refractivity contribution is 0.217. The summed E-state index contributed by atoms with van der Waals surface area (Å²) in [6.45, 7) is 0. The summed E-state index contributed by atoms with van der Waals surface area (Å²) in [5.41, 5.74) is 4.49. The predicted octanol–water partition coefficient (Wildman–Crippen LogP) is 12.5. The maximum Gasteiger partial charge on any atom is 0.133 e. The van der Waals surface area contributed by atoms with Crippen LogP contribution in [-0.2, 0) is 0 Å². The number of benzene rings is 10. The van der Waals surface area contributed by atoms with E-state index in [-0.39, 0.29) is 0 Å². The van der Waals surface area contributed by atoms with Crippen molar-refractivity contribution in [3.05, 3.63) is 192 Å². The second kappa shape index (κ2) is 13.5. The third kappa shape index (κ3) is 5.22. The monoisotopic (exact) mass is 726 g/mol. The van der Waals surface area contributed by atoms with Gasteiger partial charge in [-0.05, 0) is 88.9 Å². The van der Waals surface area contributed by atoms with Gasteiger partial charge in [-0.2, -0.15) is 0 Å². The van der Waals surface area contributed by atoms with E-state index in [2.05, 4.69) is 97.1 Å². The second-order valence-electron chi connectivity index (χ2n) is 14.5. The topological polar surface area (TPSA) is 58.9 Å². The smallest absolute Gasteiger partial charge is 0.133 e. The van der Waals surface area contributed by atoms with Crippen molar-refractivity contribution in [3.8, 4) is 22.6 Å². The van der Waals surface area contributed by atoms with E-state index in [0.717, 1.165) is 86.9 Å². The zero-order valence-electron chi connectivity index (χ0n) is 31.0. The summed E-state index contributed by atoms with van der Waals surface area (Å²) in [5, 5.41) is 37.5. The first-order valence-electron chi connectivity index (χ1n) is 18.9. The third-order valence-corrected chi connectivity index (χ3v) is 11.5. The van der Waals surface area contributed by atoms with Crippen molar-refractivity contribution in [1.82, 2.24) is 0 Å². The van der Waals surface area contributed by atoms with Crippen molar-refractivity contribution in [2.45, 2.75) is 12.2 Å². The molecule has 0 saturated heterocycles. The number of rotatable bonds is 7. The standard InChI is InChI=1S/C52H38O4/c1-55-51-43(49(53)45-37-21-9-3-15-31(37)27-32-16-4-10-22-38(32)45)29-35-19-7-13-25-41(35)47(51)48-42-26-14-8-20-36(42)30-44(52(48)56-2)50(54)46-39-23-11-5-17-33(39)28-34-18-6-12-24-40(34)46/h3-30,49-50,53-54H,1-2H3/t49-,50-/m0/s1. The molecule has 4 heteroatoms. The lowest BCUT2D eigenvalue weighted by Crippen LogP contribution is -2.08. The minimum Gasteiger partial charge on any atom is -0.496 e. The van der Waals surface area contributed by atoms with Crippen LogP contribution in [0.3, 0.4) is 0 Å². The SMILES string of the molecule is COc1c([C@H](O)c2c3ccccc3cc3ccccc23)cc2ccccc2c1-c1c(OC)c([C@H](O)c2c3ccccc3cc3ccccc23)cc2ccccc12. The summed E-state index contributed by atoms with van der Waals surface area (Å²) in [6, 6.07) is 57.7. The molecule has 0 radical (unpaired) electrons. The van der Waals surface area contributed by atoms with Crippen LogP contribution in [0.15, 0.2) is 170 Å². The molecule has 0 bridgehead atoms. The molecule has 2 N–H and O–H groups in total. The molecule has 0 aliphatic rings. The van der Waals surface area contributed by atoms with Crippen LogP contribution in [0.2, 0.25) is 0 Å². The van der Waals surface area contributed by atoms with Crippen LogP contribution in [0.4, 0.5) is 0 Å². The van der Waals surface area contributed by atoms with E-state index < -0.39 is 12.2 Å². The van der Waals surface area contributed by atoms with Crippen molar-refractivity contribution in [1.29, 1.82) is 0 Å². The Morgan fingerprint density at radius 3 is 0.875 bits per heavy atom. The average Bonchev–Trinajstić information content (AvgIpc) is 3.25. The molecule has 4 nitrogen and oxygen atoms in total. The molecule has 0 amide bonds. The number of aliphatic hydroxyl groups is 2. The van der Waals surface area contributed by atoms with E-state index in [1.807, 2.05) is 72.8 Å². The average molecular weight is 727 g/mol. The van der Waals surface area contributed by atoms with Crippen LogP contribution >= 0.6 is 0 Å². The molecular weight excluding hydrogens is 689 g/mol. The van der Waals surface area contributed by atoms with Crippen LogP contribution in [0.5, 0.6) is 11.5 Å². The molecule has 0 unspecified atom stereocenters. The van der Waals surface area contributed by atoms with Gasteiger partial charge in [-0.25, -0.2) is 0 Å². The highest BCUT2D eigenvalue weighted by Crippen LogP contribution is 2.52. The van der Waals surface area contributed by atoms with Crippen molar-refractivity contribution in [3.63, 3.8) is 0 Å². The highest BCUT2D eigenvalue weighted by molar-refractivity contribution is 6.12. The van der Waals surface area contributed by atoms with E-state index in [9.17, 15) is 10.2 Å². The number of fused-ring (bicyclic) bond motifs is 6. The van der Waals surface area contributed by atoms with Gasteiger partial charge in [0.15, 0.2) is 0 Å². The van der Waals surface area contributed by atoms with Crippen molar-refractivity contribution in [2.75, 3.05) is 14.2 Å². The van der Waals surface area contributed by atoms with Crippen molar-refractivity contribution < 1.29 is 19.7 Å². The maximum absolute atomic E-state index is 12.8. The number of ether oxygens (including phenoxy) is 2. The van der Waals surface area contributed by atoms with Crippen LogP contribution in [0.25, 0.3) is 75.8 Å². The highest BCUT2D eigenvalue weighted by atomic mass is 16.5. The Balaban J connectivity index is 1.30. The first-order valence-corrected chi connectivity index (χ1v) is 18.9. The van der Waals surface area contributed by atoms with Gasteiger partial charge >= 0.3 is 0 Å². The fraction of sp³-hybridized carbons (Fsp3) is 0.0769. The van der Waals surface area contributed by atoms with Gasteiger partial charge in [0.25, 0.3) is 0 Å². The predicted molar refractivity (Wildman–Crippen MR) is 231 cm³/mol. The molecule has 10 rings (SSSR count). The highest BCUT2D eigenvalue weighted by Gasteiger charge is 2.30. The normalized spacial score (nSPS) is 12.9. The summed E-state index contributed by atoms with van der Waals surface area (Å²) >= 11 is 0. The largest absolute Gasteiger partial charge is 0.496 e. The Hall–Kier alpha value is -6.72. The molecule has 0 aliphatic carbocycles. The molecule has 0 spiro atoms. The quantitative estimate of drug-likeness (QED) is 0.161. The number of aliphatic hydroxyl groups excluding tert-OH is 2. The minimum absolute atomic E-state index is 0.541. The zero-order valence-corrected chi connectivity index (χ0v) is 31.0. The Kier molecular flexibility index (Phi) is 8.18. The molecule has 10 aromatic carbocycles. The Labute approximate surface area is 324 Å². The summed E-state index contributed by atoms with van der Waals surface area (Å²) in [6.07, 6.45) is -2.09. The second-order valence-corrected chi connectivity index (χ2v) is 14.5. The van der Waals surface area contributed by atoms with Crippen LogP contribution < -0.4 is 9.47 Å². The number of hydrogen-bond donors (Lipinski definition) is 2. The van der Waals surface area contributed by atoms with Crippen molar-refractivity contribution >= 4 is 64.6 Å². The van der Waals surface area contributed by atoms with Crippen LogP contribution in [0, 0.1) is 0 Å². The lowest BCUT2D eigenvalue weighted by atomic mass is 9.83. The van der Waals surface area contributed by atoms with E-state index in [4.69, 9.17) is 9.47 Å². The molecule has 56 heavy (non-hydrogen) atoms. The molecular formula is C52H38O4. The minimum atomic E-state index is -1.04. The molecule has 0 fully saturated rings. The van der Waals surface area contributed by atoms with Gasteiger partial charge in [0.2, 0.25) is 0 Å². The summed E-state index contributed by atoms with van der Waals surface area (Å²) in [7, 11) is 3.33. The van der Waals surface area contributed by atoms with Gasteiger partial charge in [0.1, 0.15) is 23.7 Å². The molecule has 0 saturated carbocycles. The van der Waals surface area contributed by atoms with Crippen molar-refractivity contribution in [2.24, 2.45) is 0 Å². The van der Waals surface area contributed by atoms with Gasteiger partial charge in [-0.3, -0.25) is 0 Å². The summed E-state index contributed by atoms with van der Waals surface area (Å²) in [5.74, 6) is 1.08. The third-order valence-electron chi connectivity index (χ3n) is 11.5.